The lowest BCUT2D eigenvalue weighted by atomic mass is 9.89. The van der Waals surface area contributed by atoms with Gasteiger partial charge in [-0.2, -0.15) is 0 Å². The fourth-order valence-electron chi connectivity index (χ4n) is 8.88. The molecule has 1 aromatic heterocycles. The van der Waals surface area contributed by atoms with Gasteiger partial charge in [0.25, 0.3) is 0 Å². The van der Waals surface area contributed by atoms with Crippen molar-refractivity contribution in [2.24, 2.45) is 0 Å². The third kappa shape index (κ3) is 6.32. The molecule has 0 atom stereocenters. The van der Waals surface area contributed by atoms with Gasteiger partial charge in [-0.05, 0) is 115 Å². The third-order valence-electron chi connectivity index (χ3n) is 11.7. The van der Waals surface area contributed by atoms with Crippen molar-refractivity contribution in [3.63, 3.8) is 0 Å². The Hall–Kier alpha value is -7.94. The van der Waals surface area contributed by atoms with Crippen LogP contribution in [0.5, 0.6) is 0 Å². The Labute approximate surface area is 349 Å². The number of hydrogen-bond donors (Lipinski definition) is 0. The van der Waals surface area contributed by atoms with Gasteiger partial charge in [0.1, 0.15) is 11.2 Å². The molecule has 0 fully saturated rings. The molecule has 60 heavy (non-hydrogen) atoms. The summed E-state index contributed by atoms with van der Waals surface area (Å²) in [5, 5.41) is 4.63. The molecule has 0 unspecified atom stereocenters. The van der Waals surface area contributed by atoms with Gasteiger partial charge >= 0.3 is 0 Å². The first kappa shape index (κ1) is 35.2. The van der Waals surface area contributed by atoms with E-state index in [0.717, 1.165) is 44.6 Å². The van der Waals surface area contributed by atoms with Crippen LogP contribution in [0.3, 0.4) is 0 Å². The minimum absolute atomic E-state index is 0.846. The summed E-state index contributed by atoms with van der Waals surface area (Å²) in [5.41, 5.74) is 16.8. The molecule has 0 spiro atoms. The van der Waals surface area contributed by atoms with Crippen molar-refractivity contribution in [2.75, 3.05) is 4.90 Å². The summed E-state index contributed by atoms with van der Waals surface area (Å²) >= 11 is 0. The quantitative estimate of drug-likeness (QED) is 0.153. The van der Waals surface area contributed by atoms with E-state index in [1.165, 1.54) is 60.8 Å². The number of hydrogen-bond acceptors (Lipinski definition) is 2. The van der Waals surface area contributed by atoms with E-state index in [4.69, 9.17) is 4.42 Å². The topological polar surface area (TPSA) is 16.4 Å². The number of anilines is 3. The van der Waals surface area contributed by atoms with Crippen molar-refractivity contribution in [3.8, 4) is 55.6 Å². The number of benzene rings is 10. The first-order chi connectivity index (χ1) is 29.8. The second-order valence-electron chi connectivity index (χ2n) is 15.2. The first-order valence-corrected chi connectivity index (χ1v) is 20.5. The molecule has 11 rings (SSSR count). The molecule has 10 aromatic carbocycles. The van der Waals surface area contributed by atoms with Crippen LogP contribution in [0.2, 0.25) is 0 Å². The summed E-state index contributed by atoms with van der Waals surface area (Å²) in [6.45, 7) is 0. The minimum atomic E-state index is 0.846. The number of rotatable bonds is 8. The van der Waals surface area contributed by atoms with E-state index in [-0.39, 0.29) is 0 Å². The van der Waals surface area contributed by atoms with E-state index >= 15 is 0 Å². The van der Waals surface area contributed by atoms with Crippen molar-refractivity contribution in [1.29, 1.82) is 0 Å². The molecule has 0 aliphatic rings. The van der Waals surface area contributed by atoms with Crippen molar-refractivity contribution < 1.29 is 4.42 Å². The maximum absolute atomic E-state index is 6.69. The second-order valence-corrected chi connectivity index (χ2v) is 15.2. The molecule has 0 aliphatic carbocycles. The maximum Gasteiger partial charge on any atom is 0.137 e. The van der Waals surface area contributed by atoms with Gasteiger partial charge in [-0.15, -0.1) is 0 Å². The van der Waals surface area contributed by atoms with Crippen LogP contribution in [0, 0.1) is 0 Å². The van der Waals surface area contributed by atoms with E-state index in [1.807, 2.05) is 0 Å². The fourth-order valence-corrected chi connectivity index (χ4v) is 8.88. The van der Waals surface area contributed by atoms with Crippen LogP contribution in [0.25, 0.3) is 88.3 Å². The lowest BCUT2D eigenvalue weighted by Crippen LogP contribution is -2.10. The standard InChI is InChI=1S/C58H39NO/c1-4-17-40(18-5-1)47-26-12-14-28-51(47)52-29-15-13-27-49(52)43-31-36-57-56(37-43)54-35-33-46(39-58(54)60-57)59(44-23-8-3-9-24-44)45-32-34-50(41-19-6-2-7-20-41)55(38-45)53-30-16-22-42-21-10-11-25-48(42)53/h1-39H. The number of para-hydroxylation sites is 1. The highest BCUT2D eigenvalue weighted by Crippen LogP contribution is 2.45. The van der Waals surface area contributed by atoms with E-state index < -0.39 is 0 Å². The zero-order valence-electron chi connectivity index (χ0n) is 32.9. The molecule has 0 saturated heterocycles. The summed E-state index contributed by atoms with van der Waals surface area (Å²) in [4.78, 5) is 2.34. The Bertz CT molecular complexity index is 3310. The number of furan rings is 1. The van der Waals surface area contributed by atoms with Crippen LogP contribution in [-0.4, -0.2) is 0 Å². The van der Waals surface area contributed by atoms with Crippen molar-refractivity contribution >= 4 is 49.8 Å². The van der Waals surface area contributed by atoms with Gasteiger partial charge < -0.3 is 9.32 Å². The Morgan fingerprint density at radius 1 is 0.250 bits per heavy atom. The smallest absolute Gasteiger partial charge is 0.137 e. The SMILES string of the molecule is c1ccc(-c2ccccc2-c2ccccc2-c2ccc3oc4cc(N(c5ccccc5)c5ccc(-c6ccccc6)c(-c6cccc7ccccc67)c5)ccc4c3c2)cc1. The largest absolute Gasteiger partial charge is 0.456 e. The molecule has 0 aliphatic heterocycles. The maximum atomic E-state index is 6.69. The zero-order valence-corrected chi connectivity index (χ0v) is 32.9. The molecule has 2 nitrogen and oxygen atoms in total. The van der Waals surface area contributed by atoms with Gasteiger partial charge in [0.05, 0.1) is 0 Å². The lowest BCUT2D eigenvalue weighted by Gasteiger charge is -2.27. The van der Waals surface area contributed by atoms with E-state index in [9.17, 15) is 0 Å². The fraction of sp³-hybridized carbons (Fsp3) is 0. The summed E-state index contributed by atoms with van der Waals surface area (Å²) in [6, 6.07) is 84.7. The molecule has 0 saturated carbocycles. The molecule has 0 radical (unpaired) electrons. The monoisotopic (exact) mass is 765 g/mol. The Morgan fingerprint density at radius 3 is 1.50 bits per heavy atom. The van der Waals surface area contributed by atoms with Crippen LogP contribution in [0.4, 0.5) is 17.1 Å². The normalized spacial score (nSPS) is 11.3. The van der Waals surface area contributed by atoms with Gasteiger partial charge in [0, 0.05) is 33.9 Å². The number of nitrogens with zero attached hydrogens (tertiary/aromatic N) is 1. The first-order valence-electron chi connectivity index (χ1n) is 20.5. The third-order valence-corrected chi connectivity index (χ3v) is 11.7. The van der Waals surface area contributed by atoms with Crippen molar-refractivity contribution in [3.05, 3.63) is 237 Å². The average molecular weight is 766 g/mol. The van der Waals surface area contributed by atoms with Crippen LogP contribution >= 0.6 is 0 Å². The molecule has 11 aromatic rings. The van der Waals surface area contributed by atoms with Crippen LogP contribution in [0.15, 0.2) is 241 Å². The highest BCUT2D eigenvalue weighted by molar-refractivity contribution is 6.08. The van der Waals surface area contributed by atoms with Gasteiger partial charge in [0.15, 0.2) is 0 Å². The van der Waals surface area contributed by atoms with Crippen molar-refractivity contribution in [2.45, 2.75) is 0 Å². The molecule has 282 valence electrons. The van der Waals surface area contributed by atoms with E-state index in [2.05, 4.69) is 241 Å². The van der Waals surface area contributed by atoms with Gasteiger partial charge in [0.2, 0.25) is 0 Å². The molecule has 0 N–H and O–H groups in total. The summed E-state index contributed by atoms with van der Waals surface area (Å²) in [7, 11) is 0. The summed E-state index contributed by atoms with van der Waals surface area (Å²) < 4.78 is 6.69. The molecular weight excluding hydrogens is 727 g/mol. The molecule has 2 heteroatoms. The van der Waals surface area contributed by atoms with Gasteiger partial charge in [-0.1, -0.05) is 182 Å². The highest BCUT2D eigenvalue weighted by Gasteiger charge is 2.20. The van der Waals surface area contributed by atoms with Crippen LogP contribution < -0.4 is 4.90 Å². The molecule has 1 heterocycles. The van der Waals surface area contributed by atoms with E-state index in [0.29, 0.717) is 0 Å². The Morgan fingerprint density at radius 2 is 0.783 bits per heavy atom. The summed E-state index contributed by atoms with van der Waals surface area (Å²) in [6.07, 6.45) is 0. The second kappa shape index (κ2) is 15.1. The van der Waals surface area contributed by atoms with Gasteiger partial charge in [-0.25, -0.2) is 0 Å². The highest BCUT2D eigenvalue weighted by atomic mass is 16.3. The van der Waals surface area contributed by atoms with Crippen molar-refractivity contribution in [1.82, 2.24) is 0 Å². The Balaban J connectivity index is 1.04. The average Bonchev–Trinajstić information content (AvgIpc) is 3.69. The zero-order chi connectivity index (χ0) is 39.8. The minimum Gasteiger partial charge on any atom is -0.456 e. The van der Waals surface area contributed by atoms with E-state index in [1.54, 1.807) is 0 Å². The Kier molecular flexibility index (Phi) is 8.87. The molecule has 0 bridgehead atoms. The number of fused-ring (bicyclic) bond motifs is 4. The van der Waals surface area contributed by atoms with Crippen LogP contribution in [0.1, 0.15) is 0 Å². The molecular formula is C58H39NO. The lowest BCUT2D eigenvalue weighted by molar-refractivity contribution is 0.669. The van der Waals surface area contributed by atoms with Gasteiger partial charge in [-0.3, -0.25) is 0 Å². The predicted octanol–water partition coefficient (Wildman–Crippen LogP) is 16.5. The summed E-state index contributed by atoms with van der Waals surface area (Å²) in [5.74, 6) is 0. The predicted molar refractivity (Wildman–Crippen MR) is 253 cm³/mol. The van der Waals surface area contributed by atoms with Crippen LogP contribution in [-0.2, 0) is 0 Å². The molecule has 0 amide bonds.